The van der Waals surface area contributed by atoms with Gasteiger partial charge in [-0.1, -0.05) is 43.3 Å². The molecule has 0 radical (unpaired) electrons. The van der Waals surface area contributed by atoms with Gasteiger partial charge >= 0.3 is 12.0 Å². The van der Waals surface area contributed by atoms with Gasteiger partial charge in [0.05, 0.1) is 24.5 Å². The van der Waals surface area contributed by atoms with E-state index < -0.39 is 18.1 Å². The van der Waals surface area contributed by atoms with Crippen molar-refractivity contribution in [1.82, 2.24) is 9.78 Å². The molecule has 4 N–H and O–H groups in total. The Hall–Kier alpha value is -3.39. The van der Waals surface area contributed by atoms with E-state index in [4.69, 9.17) is 0 Å². The summed E-state index contributed by atoms with van der Waals surface area (Å²) in [5.74, 6) is -1.19. The molecular formula is C19H20N4O4. The lowest BCUT2D eigenvalue weighted by atomic mass is 10.1. The Kier molecular flexibility index (Phi) is 5.37. The smallest absolute Gasteiger partial charge is 0.341 e. The Labute approximate surface area is 155 Å². The minimum atomic E-state index is -1.22. The zero-order chi connectivity index (χ0) is 19.4. The van der Waals surface area contributed by atoms with E-state index in [1.54, 1.807) is 13.0 Å². The Morgan fingerprint density at radius 1 is 1.15 bits per heavy atom. The van der Waals surface area contributed by atoms with Gasteiger partial charge in [-0.3, -0.25) is 5.32 Å². The highest BCUT2D eigenvalue weighted by molar-refractivity contribution is 6.07. The zero-order valence-electron chi connectivity index (χ0n) is 14.7. The zero-order valence-corrected chi connectivity index (χ0v) is 14.7. The highest BCUT2D eigenvalue weighted by Gasteiger charge is 2.20. The van der Waals surface area contributed by atoms with E-state index in [2.05, 4.69) is 15.7 Å². The number of carbonyl (C=O) groups is 2. The molecule has 0 bridgehead atoms. The van der Waals surface area contributed by atoms with Crippen LogP contribution in [0.4, 0.5) is 16.3 Å². The number of urea groups is 1. The average molecular weight is 368 g/mol. The molecule has 0 saturated carbocycles. The third kappa shape index (κ3) is 4.06. The standard InChI is InChI=1S/C19H20N4O4/c1-2-13(24)11-23-17(15(10-20-23)18(25)26)22-19(27)21-16-9-5-7-12-6-3-4-8-14(12)16/h3-10,13,24H,2,11H2,1H3,(H,25,26)(H2,21,22,27). The second-order valence-electron chi connectivity index (χ2n) is 6.06. The van der Waals surface area contributed by atoms with Crippen molar-refractivity contribution in [2.75, 3.05) is 10.6 Å². The summed E-state index contributed by atoms with van der Waals surface area (Å²) in [6, 6.07) is 12.5. The Morgan fingerprint density at radius 2 is 1.89 bits per heavy atom. The lowest BCUT2D eigenvalue weighted by molar-refractivity contribution is 0.0697. The van der Waals surface area contributed by atoms with Crippen molar-refractivity contribution in [2.24, 2.45) is 0 Å². The van der Waals surface area contributed by atoms with Gasteiger partial charge in [0.15, 0.2) is 0 Å². The minimum absolute atomic E-state index is 0.0211. The first-order valence-corrected chi connectivity index (χ1v) is 8.52. The van der Waals surface area contributed by atoms with Crippen LogP contribution >= 0.6 is 0 Å². The molecule has 1 unspecified atom stereocenters. The number of carboxylic acid groups (broad SMARTS) is 1. The van der Waals surface area contributed by atoms with Crippen LogP contribution in [0.3, 0.4) is 0 Å². The van der Waals surface area contributed by atoms with E-state index in [0.717, 1.165) is 17.0 Å². The second-order valence-corrected chi connectivity index (χ2v) is 6.06. The number of aliphatic hydroxyl groups excluding tert-OH is 1. The van der Waals surface area contributed by atoms with Crippen molar-refractivity contribution in [1.29, 1.82) is 0 Å². The number of benzene rings is 2. The number of nitrogens with zero attached hydrogens (tertiary/aromatic N) is 2. The van der Waals surface area contributed by atoms with Crippen LogP contribution in [0.25, 0.3) is 10.8 Å². The number of rotatable bonds is 6. The summed E-state index contributed by atoms with van der Waals surface area (Å²) in [6.07, 6.45) is 0.926. The van der Waals surface area contributed by atoms with Crippen molar-refractivity contribution in [3.8, 4) is 0 Å². The molecule has 0 aliphatic rings. The van der Waals surface area contributed by atoms with Crippen LogP contribution in [0.15, 0.2) is 48.7 Å². The van der Waals surface area contributed by atoms with Crippen molar-refractivity contribution >= 4 is 34.3 Å². The molecule has 0 aliphatic carbocycles. The van der Waals surface area contributed by atoms with Gasteiger partial charge in [0.25, 0.3) is 0 Å². The topological polar surface area (TPSA) is 116 Å². The Balaban J connectivity index is 1.85. The summed E-state index contributed by atoms with van der Waals surface area (Å²) in [5, 5.41) is 30.2. The largest absolute Gasteiger partial charge is 0.477 e. The second kappa shape index (κ2) is 7.88. The molecule has 1 aromatic heterocycles. The SMILES string of the molecule is CCC(O)Cn1ncc(C(=O)O)c1NC(=O)Nc1cccc2ccccc12. The van der Waals surface area contributed by atoms with Crippen LogP contribution < -0.4 is 10.6 Å². The third-order valence-electron chi connectivity index (χ3n) is 4.19. The molecule has 2 amide bonds. The molecular weight excluding hydrogens is 348 g/mol. The summed E-state index contributed by atoms with van der Waals surface area (Å²) in [6.45, 7) is 1.88. The maximum atomic E-state index is 12.5. The van der Waals surface area contributed by atoms with Crippen LogP contribution in [0.5, 0.6) is 0 Å². The van der Waals surface area contributed by atoms with E-state index in [9.17, 15) is 19.8 Å². The molecule has 8 heteroatoms. The van der Waals surface area contributed by atoms with Gasteiger partial charge in [0.2, 0.25) is 0 Å². The summed E-state index contributed by atoms with van der Waals surface area (Å²) in [5.41, 5.74) is 0.452. The number of hydrogen-bond donors (Lipinski definition) is 4. The van der Waals surface area contributed by atoms with Crippen LogP contribution in [0.2, 0.25) is 0 Å². The van der Waals surface area contributed by atoms with Gasteiger partial charge in [-0.2, -0.15) is 5.10 Å². The molecule has 0 fully saturated rings. The number of aromatic carboxylic acids is 1. The normalized spacial score (nSPS) is 11.9. The molecule has 0 spiro atoms. The van der Waals surface area contributed by atoms with Crippen LogP contribution in [0, 0.1) is 0 Å². The fourth-order valence-electron chi connectivity index (χ4n) is 2.74. The maximum Gasteiger partial charge on any atom is 0.341 e. The molecule has 8 nitrogen and oxygen atoms in total. The first kappa shape index (κ1) is 18.4. The lowest BCUT2D eigenvalue weighted by Gasteiger charge is -2.14. The number of aromatic nitrogens is 2. The molecule has 2 aromatic carbocycles. The fourth-order valence-corrected chi connectivity index (χ4v) is 2.74. The summed E-state index contributed by atoms with van der Waals surface area (Å²) >= 11 is 0. The van der Waals surface area contributed by atoms with Gasteiger partial charge in [-0.25, -0.2) is 14.3 Å². The quantitative estimate of drug-likeness (QED) is 0.533. The van der Waals surface area contributed by atoms with Gasteiger partial charge in [-0.15, -0.1) is 0 Å². The number of fused-ring (bicyclic) bond motifs is 1. The average Bonchev–Trinajstić information content (AvgIpc) is 3.04. The van der Waals surface area contributed by atoms with Crippen molar-refractivity contribution in [3.63, 3.8) is 0 Å². The monoisotopic (exact) mass is 368 g/mol. The predicted molar refractivity (Wildman–Crippen MR) is 102 cm³/mol. The molecule has 3 aromatic rings. The number of aliphatic hydroxyl groups is 1. The minimum Gasteiger partial charge on any atom is -0.477 e. The van der Waals surface area contributed by atoms with Gasteiger partial charge in [0, 0.05) is 5.39 Å². The number of carbonyl (C=O) groups excluding carboxylic acids is 1. The molecule has 27 heavy (non-hydrogen) atoms. The van der Waals surface area contributed by atoms with E-state index in [0.29, 0.717) is 12.1 Å². The fraction of sp³-hybridized carbons (Fsp3) is 0.211. The van der Waals surface area contributed by atoms with Crippen LogP contribution in [0.1, 0.15) is 23.7 Å². The van der Waals surface area contributed by atoms with Crippen LogP contribution in [-0.2, 0) is 6.54 Å². The van der Waals surface area contributed by atoms with Gasteiger partial charge in [-0.05, 0) is 17.9 Å². The van der Waals surface area contributed by atoms with Crippen molar-refractivity contribution < 1.29 is 19.8 Å². The van der Waals surface area contributed by atoms with E-state index in [1.807, 2.05) is 36.4 Å². The molecule has 0 saturated heterocycles. The van der Waals surface area contributed by atoms with E-state index in [-0.39, 0.29) is 17.9 Å². The Morgan fingerprint density at radius 3 is 2.63 bits per heavy atom. The van der Waals surface area contributed by atoms with E-state index >= 15 is 0 Å². The first-order chi connectivity index (χ1) is 13.0. The number of anilines is 2. The molecule has 140 valence electrons. The van der Waals surface area contributed by atoms with Crippen molar-refractivity contribution in [2.45, 2.75) is 26.0 Å². The Bertz CT molecular complexity index is 978. The number of nitrogens with one attached hydrogen (secondary N) is 2. The molecule has 0 aliphatic heterocycles. The first-order valence-electron chi connectivity index (χ1n) is 8.52. The predicted octanol–water partition coefficient (Wildman–Crippen LogP) is 3.15. The number of hydrogen-bond acceptors (Lipinski definition) is 4. The molecule has 1 atom stereocenters. The van der Waals surface area contributed by atoms with Crippen molar-refractivity contribution in [3.05, 3.63) is 54.2 Å². The molecule has 1 heterocycles. The van der Waals surface area contributed by atoms with Crippen LogP contribution in [-0.4, -0.2) is 38.1 Å². The summed E-state index contributed by atoms with van der Waals surface area (Å²) < 4.78 is 1.28. The lowest BCUT2D eigenvalue weighted by Crippen LogP contribution is -2.25. The number of amides is 2. The van der Waals surface area contributed by atoms with E-state index in [1.165, 1.54) is 4.68 Å². The third-order valence-corrected chi connectivity index (χ3v) is 4.19. The number of carboxylic acids is 1. The maximum absolute atomic E-state index is 12.5. The van der Waals surface area contributed by atoms with Gasteiger partial charge in [0.1, 0.15) is 11.4 Å². The highest BCUT2D eigenvalue weighted by atomic mass is 16.4. The molecule has 3 rings (SSSR count). The highest BCUT2D eigenvalue weighted by Crippen LogP contribution is 2.23. The summed E-state index contributed by atoms with van der Waals surface area (Å²) in [7, 11) is 0. The van der Waals surface area contributed by atoms with Gasteiger partial charge < -0.3 is 15.5 Å². The summed E-state index contributed by atoms with van der Waals surface area (Å²) in [4.78, 5) is 23.9.